The Morgan fingerprint density at radius 3 is 2.80 bits per heavy atom. The zero-order chi connectivity index (χ0) is 14.5. The molecular weight excluding hydrogens is 251 g/mol. The molecule has 0 amide bonds. The van der Waals surface area contributed by atoms with Crippen molar-refractivity contribution < 1.29 is 4.39 Å². The van der Waals surface area contributed by atoms with Crippen LogP contribution < -0.4 is 5.73 Å². The lowest BCUT2D eigenvalue weighted by molar-refractivity contribution is 0.278. The van der Waals surface area contributed by atoms with E-state index in [0.29, 0.717) is 5.69 Å². The predicted molar refractivity (Wildman–Crippen MR) is 79.5 cm³/mol. The van der Waals surface area contributed by atoms with Crippen LogP contribution >= 0.6 is 0 Å². The molecule has 3 heteroatoms. The van der Waals surface area contributed by atoms with E-state index in [-0.39, 0.29) is 17.3 Å². The summed E-state index contributed by atoms with van der Waals surface area (Å²) in [5.41, 5.74) is 10.4. The number of fused-ring (bicyclic) bond motifs is 1. The van der Waals surface area contributed by atoms with Crippen LogP contribution in [0.5, 0.6) is 0 Å². The molecule has 20 heavy (non-hydrogen) atoms. The van der Waals surface area contributed by atoms with Crippen LogP contribution in [0.15, 0.2) is 30.5 Å². The Hall–Kier alpha value is -1.61. The van der Waals surface area contributed by atoms with Gasteiger partial charge in [0.2, 0.25) is 0 Å². The number of hydrogen-bond donors (Lipinski definition) is 1. The molecule has 1 aliphatic rings. The number of aromatic nitrogens is 1. The minimum atomic E-state index is -0.189. The molecule has 2 nitrogen and oxygen atoms in total. The van der Waals surface area contributed by atoms with Gasteiger partial charge in [-0.2, -0.15) is 0 Å². The number of hydrogen-bond acceptors (Lipinski definition) is 1. The summed E-state index contributed by atoms with van der Waals surface area (Å²) in [7, 11) is 0. The first-order chi connectivity index (χ1) is 9.37. The summed E-state index contributed by atoms with van der Waals surface area (Å²) in [6.07, 6.45) is 3.85. The SMILES string of the molecule is Cc1ccc(F)c(-n2ccc3c2CC(C)(C)CC3N)c1. The summed E-state index contributed by atoms with van der Waals surface area (Å²) in [5, 5.41) is 0. The van der Waals surface area contributed by atoms with Gasteiger partial charge in [-0.1, -0.05) is 19.9 Å². The molecular formula is C17H21FN2. The molecule has 1 aromatic heterocycles. The summed E-state index contributed by atoms with van der Waals surface area (Å²) in [5.74, 6) is -0.189. The number of rotatable bonds is 1. The minimum Gasteiger partial charge on any atom is -0.324 e. The molecule has 1 heterocycles. The lowest BCUT2D eigenvalue weighted by Gasteiger charge is -2.34. The standard InChI is InChI=1S/C17H21FN2/c1-11-4-5-13(18)15(8-11)20-7-6-12-14(19)9-17(2,3)10-16(12)20/h4-8,14H,9-10,19H2,1-3H3. The van der Waals surface area contributed by atoms with Crippen LogP contribution in [-0.2, 0) is 6.42 Å². The van der Waals surface area contributed by atoms with E-state index in [4.69, 9.17) is 5.73 Å². The molecule has 2 N–H and O–H groups in total. The Kier molecular flexibility index (Phi) is 2.98. The van der Waals surface area contributed by atoms with Crippen LogP contribution in [0.25, 0.3) is 5.69 Å². The van der Waals surface area contributed by atoms with Crippen molar-refractivity contribution in [3.8, 4) is 5.69 Å². The Labute approximate surface area is 119 Å². The predicted octanol–water partition coefficient (Wildman–Crippen LogP) is 3.90. The second kappa shape index (κ2) is 4.45. The quantitative estimate of drug-likeness (QED) is 0.838. The first-order valence-electron chi connectivity index (χ1n) is 7.10. The van der Waals surface area contributed by atoms with Crippen LogP contribution in [0.1, 0.15) is 43.1 Å². The van der Waals surface area contributed by atoms with Gasteiger partial charge in [0.1, 0.15) is 5.82 Å². The normalized spacial score (nSPS) is 20.8. The Balaban J connectivity index is 2.16. The molecule has 0 bridgehead atoms. The molecule has 0 spiro atoms. The molecule has 3 rings (SSSR count). The minimum absolute atomic E-state index is 0.0443. The average molecular weight is 272 g/mol. The summed E-state index contributed by atoms with van der Waals surface area (Å²) in [6, 6.07) is 7.30. The summed E-state index contributed by atoms with van der Waals surface area (Å²) >= 11 is 0. The van der Waals surface area contributed by atoms with Crippen molar-refractivity contribution in [2.75, 3.05) is 0 Å². The van der Waals surface area contributed by atoms with Gasteiger partial charge in [0, 0.05) is 17.9 Å². The van der Waals surface area contributed by atoms with Crippen molar-refractivity contribution in [3.63, 3.8) is 0 Å². The van der Waals surface area contributed by atoms with E-state index >= 15 is 0 Å². The summed E-state index contributed by atoms with van der Waals surface area (Å²) < 4.78 is 16.1. The van der Waals surface area contributed by atoms with Crippen molar-refractivity contribution >= 4 is 0 Å². The van der Waals surface area contributed by atoms with Gasteiger partial charge in [-0.05, 0) is 54.5 Å². The van der Waals surface area contributed by atoms with Gasteiger partial charge in [0.25, 0.3) is 0 Å². The van der Waals surface area contributed by atoms with Gasteiger partial charge in [-0.3, -0.25) is 0 Å². The Morgan fingerprint density at radius 2 is 2.05 bits per heavy atom. The fourth-order valence-electron chi connectivity index (χ4n) is 3.27. The molecule has 0 saturated carbocycles. The molecule has 1 unspecified atom stereocenters. The van der Waals surface area contributed by atoms with E-state index in [1.165, 1.54) is 6.07 Å². The lowest BCUT2D eigenvalue weighted by atomic mass is 9.74. The average Bonchev–Trinajstić information content (AvgIpc) is 2.74. The molecule has 0 radical (unpaired) electrons. The number of halogens is 1. The number of nitrogens with zero attached hydrogens (tertiary/aromatic N) is 1. The van der Waals surface area contributed by atoms with Crippen molar-refractivity contribution in [1.29, 1.82) is 0 Å². The maximum Gasteiger partial charge on any atom is 0.147 e. The molecule has 0 fully saturated rings. The zero-order valence-corrected chi connectivity index (χ0v) is 12.3. The van der Waals surface area contributed by atoms with Crippen LogP contribution in [-0.4, -0.2) is 4.57 Å². The van der Waals surface area contributed by atoms with Crippen molar-refractivity contribution in [1.82, 2.24) is 4.57 Å². The third-order valence-electron chi connectivity index (χ3n) is 4.21. The molecule has 106 valence electrons. The second-order valence-corrected chi connectivity index (χ2v) is 6.69. The highest BCUT2D eigenvalue weighted by molar-refractivity contribution is 5.43. The lowest BCUT2D eigenvalue weighted by Crippen LogP contribution is -2.30. The summed E-state index contributed by atoms with van der Waals surface area (Å²) in [6.45, 7) is 6.42. The maximum absolute atomic E-state index is 14.1. The van der Waals surface area contributed by atoms with Gasteiger partial charge < -0.3 is 10.3 Å². The van der Waals surface area contributed by atoms with Crippen LogP contribution in [0.2, 0.25) is 0 Å². The molecule has 0 aliphatic heterocycles. The first kappa shape index (κ1) is 13.4. The van der Waals surface area contributed by atoms with E-state index < -0.39 is 0 Å². The molecule has 1 atom stereocenters. The largest absolute Gasteiger partial charge is 0.324 e. The van der Waals surface area contributed by atoms with Crippen LogP contribution in [0, 0.1) is 18.2 Å². The van der Waals surface area contributed by atoms with Crippen molar-refractivity contribution in [2.24, 2.45) is 11.1 Å². The van der Waals surface area contributed by atoms with Gasteiger partial charge in [-0.25, -0.2) is 4.39 Å². The van der Waals surface area contributed by atoms with E-state index in [1.807, 2.05) is 29.8 Å². The molecule has 0 saturated heterocycles. The number of aryl methyl sites for hydroxylation is 1. The van der Waals surface area contributed by atoms with Crippen LogP contribution in [0.3, 0.4) is 0 Å². The van der Waals surface area contributed by atoms with Gasteiger partial charge in [0.15, 0.2) is 0 Å². The third-order valence-corrected chi connectivity index (χ3v) is 4.21. The first-order valence-corrected chi connectivity index (χ1v) is 7.10. The highest BCUT2D eigenvalue weighted by Crippen LogP contribution is 2.41. The van der Waals surface area contributed by atoms with E-state index in [9.17, 15) is 4.39 Å². The van der Waals surface area contributed by atoms with E-state index in [2.05, 4.69) is 13.8 Å². The molecule has 2 aromatic rings. The molecule has 1 aliphatic carbocycles. The van der Waals surface area contributed by atoms with Crippen molar-refractivity contribution in [3.05, 3.63) is 53.1 Å². The smallest absolute Gasteiger partial charge is 0.147 e. The number of nitrogens with two attached hydrogens (primary N) is 1. The fraction of sp³-hybridized carbons (Fsp3) is 0.412. The second-order valence-electron chi connectivity index (χ2n) is 6.69. The third kappa shape index (κ3) is 2.16. The van der Waals surface area contributed by atoms with Crippen molar-refractivity contribution in [2.45, 2.75) is 39.7 Å². The van der Waals surface area contributed by atoms with Gasteiger partial charge >= 0.3 is 0 Å². The highest BCUT2D eigenvalue weighted by Gasteiger charge is 2.32. The zero-order valence-electron chi connectivity index (χ0n) is 12.3. The molecule has 1 aromatic carbocycles. The monoisotopic (exact) mass is 272 g/mol. The van der Waals surface area contributed by atoms with Crippen LogP contribution in [0.4, 0.5) is 4.39 Å². The Bertz CT molecular complexity index is 655. The topological polar surface area (TPSA) is 30.9 Å². The fourth-order valence-corrected chi connectivity index (χ4v) is 3.27. The van der Waals surface area contributed by atoms with E-state index in [0.717, 1.165) is 29.7 Å². The maximum atomic E-state index is 14.1. The van der Waals surface area contributed by atoms with E-state index in [1.54, 1.807) is 6.07 Å². The highest BCUT2D eigenvalue weighted by atomic mass is 19.1. The summed E-state index contributed by atoms with van der Waals surface area (Å²) in [4.78, 5) is 0. The number of benzene rings is 1. The van der Waals surface area contributed by atoms with Gasteiger partial charge in [-0.15, -0.1) is 0 Å². The van der Waals surface area contributed by atoms with Gasteiger partial charge in [0.05, 0.1) is 5.69 Å². The Morgan fingerprint density at radius 1 is 1.30 bits per heavy atom.